The van der Waals surface area contributed by atoms with Crippen molar-refractivity contribution in [2.45, 2.75) is 13.8 Å². The highest BCUT2D eigenvalue weighted by atomic mass is 16.1. The quantitative estimate of drug-likeness (QED) is 0.754. The zero-order valence-electron chi connectivity index (χ0n) is 8.61. The molecule has 0 bridgehead atoms. The summed E-state index contributed by atoms with van der Waals surface area (Å²) in [6, 6.07) is 3.74. The molecule has 0 fully saturated rings. The molecule has 0 atom stereocenters. The van der Waals surface area contributed by atoms with Crippen LogP contribution in [0.1, 0.15) is 11.3 Å². The molecule has 0 aliphatic heterocycles. The van der Waals surface area contributed by atoms with Gasteiger partial charge in [0, 0.05) is 11.9 Å². The molecule has 2 aromatic rings. The van der Waals surface area contributed by atoms with Crippen molar-refractivity contribution in [3.63, 3.8) is 0 Å². The summed E-state index contributed by atoms with van der Waals surface area (Å²) in [6.07, 6.45) is 2.39. The van der Waals surface area contributed by atoms with E-state index in [1.54, 1.807) is 6.20 Å². The van der Waals surface area contributed by atoms with Crippen LogP contribution in [0.4, 0.5) is 5.69 Å². The molecule has 0 saturated heterocycles. The van der Waals surface area contributed by atoms with Gasteiger partial charge in [0.1, 0.15) is 0 Å². The molecule has 4 heteroatoms. The Morgan fingerprint density at radius 2 is 2.07 bits per heavy atom. The highest BCUT2D eigenvalue weighted by Gasteiger charge is 2.02. The average molecular weight is 201 g/mol. The van der Waals surface area contributed by atoms with Crippen LogP contribution in [0.2, 0.25) is 0 Å². The van der Waals surface area contributed by atoms with Crippen molar-refractivity contribution in [3.8, 4) is 0 Å². The van der Waals surface area contributed by atoms with E-state index in [4.69, 9.17) is 0 Å². The maximum Gasteiger partial charge on any atom is 0.211 e. The first-order chi connectivity index (χ1) is 7.20. The Morgan fingerprint density at radius 3 is 2.80 bits per heavy atom. The molecule has 1 heterocycles. The number of aromatic nitrogens is 2. The Bertz CT molecular complexity index is 522. The fourth-order valence-corrected chi connectivity index (χ4v) is 1.48. The molecule has 0 aliphatic rings. The molecule has 0 saturated carbocycles. The second-order valence-corrected chi connectivity index (χ2v) is 3.43. The van der Waals surface area contributed by atoms with E-state index < -0.39 is 0 Å². The third kappa shape index (κ3) is 1.79. The van der Waals surface area contributed by atoms with Gasteiger partial charge in [0.25, 0.3) is 0 Å². The number of hydrogen-bond donors (Lipinski definition) is 1. The van der Waals surface area contributed by atoms with Crippen molar-refractivity contribution < 1.29 is 4.79 Å². The molecular weight excluding hydrogens is 190 g/mol. The third-order valence-corrected chi connectivity index (χ3v) is 2.22. The van der Waals surface area contributed by atoms with E-state index in [1.165, 1.54) is 0 Å². The summed E-state index contributed by atoms with van der Waals surface area (Å²) >= 11 is 0. The van der Waals surface area contributed by atoms with Crippen LogP contribution in [0.3, 0.4) is 0 Å². The molecule has 0 spiro atoms. The number of nitrogens with zero attached hydrogens (tertiary/aromatic N) is 2. The summed E-state index contributed by atoms with van der Waals surface area (Å²) in [4.78, 5) is 19.0. The lowest BCUT2D eigenvalue weighted by molar-refractivity contribution is -0.105. The van der Waals surface area contributed by atoms with Gasteiger partial charge in [-0.3, -0.25) is 9.78 Å². The summed E-state index contributed by atoms with van der Waals surface area (Å²) in [6.45, 7) is 3.81. The minimum Gasteiger partial charge on any atom is -0.328 e. The summed E-state index contributed by atoms with van der Waals surface area (Å²) < 4.78 is 0. The lowest BCUT2D eigenvalue weighted by Gasteiger charge is -2.05. The van der Waals surface area contributed by atoms with Crippen LogP contribution >= 0.6 is 0 Å². The minimum absolute atomic E-state index is 0.664. The summed E-state index contributed by atoms with van der Waals surface area (Å²) in [7, 11) is 0. The predicted octanol–water partition coefficient (Wildman–Crippen LogP) is 1.81. The monoisotopic (exact) mass is 201 g/mol. The van der Waals surface area contributed by atoms with Gasteiger partial charge in [-0.15, -0.1) is 0 Å². The number of amides is 1. The topological polar surface area (TPSA) is 54.9 Å². The molecular formula is C11H11N3O. The van der Waals surface area contributed by atoms with Crippen molar-refractivity contribution in [1.82, 2.24) is 9.97 Å². The van der Waals surface area contributed by atoms with Crippen LogP contribution in [-0.4, -0.2) is 16.4 Å². The smallest absolute Gasteiger partial charge is 0.211 e. The second kappa shape index (κ2) is 3.65. The first-order valence-corrected chi connectivity index (χ1v) is 4.65. The lowest BCUT2D eigenvalue weighted by Crippen LogP contribution is -1.97. The standard InChI is InChI=1S/C11H11N3O/c1-7-3-10-11(4-9(7)13-6-15)14-8(2)5-12-10/h3-6H,1-2H3,(H,13,15). The number of nitrogens with one attached hydrogen (secondary N) is 1. The Hall–Kier alpha value is -1.97. The Balaban J connectivity index is 2.65. The zero-order valence-corrected chi connectivity index (χ0v) is 8.61. The fraction of sp³-hybridized carbons (Fsp3) is 0.182. The van der Waals surface area contributed by atoms with Gasteiger partial charge in [-0.1, -0.05) is 0 Å². The molecule has 1 amide bonds. The largest absolute Gasteiger partial charge is 0.328 e. The average Bonchev–Trinajstić information content (AvgIpc) is 2.20. The van der Waals surface area contributed by atoms with Gasteiger partial charge in [0.15, 0.2) is 0 Å². The van der Waals surface area contributed by atoms with Crippen LogP contribution < -0.4 is 5.32 Å². The minimum atomic E-state index is 0.664. The maximum absolute atomic E-state index is 10.4. The van der Waals surface area contributed by atoms with E-state index in [9.17, 15) is 4.79 Å². The van der Waals surface area contributed by atoms with Gasteiger partial charge < -0.3 is 5.32 Å². The molecule has 1 aromatic carbocycles. The highest BCUT2D eigenvalue weighted by Crippen LogP contribution is 2.20. The van der Waals surface area contributed by atoms with Crippen LogP contribution in [0.15, 0.2) is 18.3 Å². The van der Waals surface area contributed by atoms with Gasteiger partial charge in [-0.2, -0.15) is 0 Å². The summed E-state index contributed by atoms with van der Waals surface area (Å²) in [5.41, 5.74) is 4.26. The number of anilines is 1. The Labute approximate surface area is 87.4 Å². The molecule has 0 unspecified atom stereocenters. The SMILES string of the molecule is Cc1cnc2cc(C)c(NC=O)cc2n1. The second-order valence-electron chi connectivity index (χ2n) is 3.43. The molecule has 4 nitrogen and oxygen atoms in total. The van der Waals surface area contributed by atoms with Crippen molar-refractivity contribution in [1.29, 1.82) is 0 Å². The summed E-state index contributed by atoms with van der Waals surface area (Å²) in [5, 5.41) is 2.64. The number of rotatable bonds is 2. The van der Waals surface area contributed by atoms with Crippen LogP contribution in [0.5, 0.6) is 0 Å². The van der Waals surface area contributed by atoms with Gasteiger partial charge in [-0.25, -0.2) is 4.98 Å². The van der Waals surface area contributed by atoms with Crippen LogP contribution in [0, 0.1) is 13.8 Å². The molecule has 1 N–H and O–H groups in total. The number of hydrogen-bond acceptors (Lipinski definition) is 3. The third-order valence-electron chi connectivity index (χ3n) is 2.22. The van der Waals surface area contributed by atoms with Gasteiger partial charge in [0.2, 0.25) is 6.41 Å². The first-order valence-electron chi connectivity index (χ1n) is 4.65. The number of benzene rings is 1. The van der Waals surface area contributed by atoms with E-state index in [2.05, 4.69) is 15.3 Å². The molecule has 0 radical (unpaired) electrons. The van der Waals surface area contributed by atoms with E-state index in [-0.39, 0.29) is 0 Å². The zero-order chi connectivity index (χ0) is 10.8. The van der Waals surface area contributed by atoms with Gasteiger partial charge in [-0.05, 0) is 31.5 Å². The Morgan fingerprint density at radius 1 is 1.27 bits per heavy atom. The molecule has 1 aromatic heterocycles. The van der Waals surface area contributed by atoms with Crippen LogP contribution in [0.25, 0.3) is 11.0 Å². The van der Waals surface area contributed by atoms with E-state index in [0.717, 1.165) is 28.0 Å². The number of aryl methyl sites for hydroxylation is 2. The summed E-state index contributed by atoms with van der Waals surface area (Å²) in [5.74, 6) is 0. The van der Waals surface area contributed by atoms with E-state index in [0.29, 0.717) is 6.41 Å². The normalized spacial score (nSPS) is 10.3. The molecule has 15 heavy (non-hydrogen) atoms. The molecule has 2 rings (SSSR count). The Kier molecular flexibility index (Phi) is 2.33. The van der Waals surface area contributed by atoms with E-state index >= 15 is 0 Å². The van der Waals surface area contributed by atoms with E-state index in [1.807, 2.05) is 26.0 Å². The van der Waals surface area contributed by atoms with Gasteiger partial charge in [0.05, 0.1) is 16.7 Å². The number of carbonyl (C=O) groups is 1. The van der Waals surface area contributed by atoms with Crippen molar-refractivity contribution in [2.75, 3.05) is 5.32 Å². The molecule has 0 aliphatic carbocycles. The molecule has 76 valence electrons. The first kappa shape index (κ1) is 9.58. The van der Waals surface area contributed by atoms with Crippen molar-refractivity contribution in [2.24, 2.45) is 0 Å². The number of carbonyl (C=O) groups excluding carboxylic acids is 1. The predicted molar refractivity (Wildman–Crippen MR) is 58.7 cm³/mol. The van der Waals surface area contributed by atoms with Crippen LogP contribution in [-0.2, 0) is 4.79 Å². The number of fused-ring (bicyclic) bond motifs is 1. The fourth-order valence-electron chi connectivity index (χ4n) is 1.48. The van der Waals surface area contributed by atoms with Crippen molar-refractivity contribution >= 4 is 23.1 Å². The van der Waals surface area contributed by atoms with Crippen molar-refractivity contribution in [3.05, 3.63) is 29.6 Å². The highest BCUT2D eigenvalue weighted by molar-refractivity contribution is 5.84. The lowest BCUT2D eigenvalue weighted by atomic mass is 10.1. The van der Waals surface area contributed by atoms with Gasteiger partial charge >= 0.3 is 0 Å². The maximum atomic E-state index is 10.4.